The Morgan fingerprint density at radius 1 is 1.13 bits per heavy atom. The zero-order valence-corrected chi connectivity index (χ0v) is 18.2. The van der Waals surface area contributed by atoms with Crippen LogP contribution in [-0.2, 0) is 9.59 Å². The molecular formula is C21H26Cl2N2O5. The molecule has 2 rings (SSSR count). The van der Waals surface area contributed by atoms with Crippen LogP contribution in [0, 0.1) is 0 Å². The highest BCUT2D eigenvalue weighted by Crippen LogP contribution is 2.25. The number of aliphatic carboxylic acids is 2. The van der Waals surface area contributed by atoms with Gasteiger partial charge in [-0.05, 0) is 38.1 Å². The zero-order valence-electron chi connectivity index (χ0n) is 16.7. The molecule has 1 aliphatic carbocycles. The van der Waals surface area contributed by atoms with Crippen molar-refractivity contribution < 1.29 is 24.6 Å². The van der Waals surface area contributed by atoms with Gasteiger partial charge in [-0.1, -0.05) is 42.1 Å². The fourth-order valence-corrected chi connectivity index (χ4v) is 3.48. The van der Waals surface area contributed by atoms with Crippen molar-refractivity contribution in [3.63, 3.8) is 0 Å². The Balaban J connectivity index is 0.000000479. The largest absolute Gasteiger partial charge is 0.478 e. The second-order valence-corrected chi connectivity index (χ2v) is 7.61. The summed E-state index contributed by atoms with van der Waals surface area (Å²) >= 11 is 11.9. The maximum absolute atomic E-state index is 12.5. The molecule has 1 amide bonds. The van der Waals surface area contributed by atoms with Crippen LogP contribution in [0.4, 0.5) is 0 Å². The van der Waals surface area contributed by atoms with Crippen molar-refractivity contribution in [3.8, 4) is 0 Å². The van der Waals surface area contributed by atoms with Gasteiger partial charge < -0.3 is 15.5 Å². The fourth-order valence-electron chi connectivity index (χ4n) is 3.18. The van der Waals surface area contributed by atoms with Crippen LogP contribution in [0.15, 0.2) is 43.0 Å². The average molecular weight is 457 g/mol. The summed E-state index contributed by atoms with van der Waals surface area (Å²) in [6.45, 7) is 4.61. The molecule has 2 atom stereocenters. The van der Waals surface area contributed by atoms with Crippen LogP contribution < -0.4 is 5.32 Å². The summed E-state index contributed by atoms with van der Waals surface area (Å²) < 4.78 is 0. The van der Waals surface area contributed by atoms with Crippen molar-refractivity contribution in [1.82, 2.24) is 10.2 Å². The van der Waals surface area contributed by atoms with E-state index in [4.69, 9.17) is 33.4 Å². The van der Waals surface area contributed by atoms with Crippen molar-refractivity contribution in [1.29, 1.82) is 0 Å². The number of hydrogen-bond donors (Lipinski definition) is 3. The summed E-state index contributed by atoms with van der Waals surface area (Å²) in [5, 5.41) is 19.6. The van der Waals surface area contributed by atoms with Crippen LogP contribution in [0.2, 0.25) is 10.0 Å². The van der Waals surface area contributed by atoms with Gasteiger partial charge in [-0.2, -0.15) is 0 Å². The highest BCUT2D eigenvalue weighted by molar-refractivity contribution is 6.42. The van der Waals surface area contributed by atoms with Crippen LogP contribution >= 0.6 is 23.2 Å². The van der Waals surface area contributed by atoms with Gasteiger partial charge in [-0.3, -0.25) is 9.69 Å². The standard InChI is InChI=1S/C17H22Cl2N2O.C4H4O4/c1-3-10-21(2)16-7-5-4-6-15(16)20-17(22)12-8-9-13(18)14(19)11-12;5-3(6)1-2-4(7)8/h3,8-9,11,15-16H,1,4-7,10H2,2H3,(H,20,22);1-2H,(H,5,6)(H,7,8)/b;2-1+. The molecule has 0 radical (unpaired) electrons. The van der Waals surface area contributed by atoms with Crippen molar-refractivity contribution in [3.05, 3.63) is 58.6 Å². The Labute approximate surface area is 186 Å². The number of nitrogens with zero attached hydrogens (tertiary/aromatic N) is 1. The maximum atomic E-state index is 12.5. The predicted octanol–water partition coefficient (Wildman–Crippen LogP) is 3.86. The number of halogens is 2. The highest BCUT2D eigenvalue weighted by Gasteiger charge is 2.29. The summed E-state index contributed by atoms with van der Waals surface area (Å²) in [5.74, 6) is -2.61. The molecular weight excluding hydrogens is 431 g/mol. The van der Waals surface area contributed by atoms with E-state index in [9.17, 15) is 14.4 Å². The van der Waals surface area contributed by atoms with E-state index in [0.717, 1.165) is 25.8 Å². The number of rotatable bonds is 7. The van der Waals surface area contributed by atoms with Crippen LogP contribution in [0.5, 0.6) is 0 Å². The van der Waals surface area contributed by atoms with Gasteiger partial charge in [0.05, 0.1) is 10.0 Å². The Hall–Kier alpha value is -2.35. The Bertz CT molecular complexity index is 782. The fraction of sp³-hybridized carbons (Fsp3) is 0.381. The van der Waals surface area contributed by atoms with Crippen LogP contribution in [0.25, 0.3) is 0 Å². The van der Waals surface area contributed by atoms with E-state index in [-0.39, 0.29) is 11.9 Å². The van der Waals surface area contributed by atoms with E-state index in [1.807, 2.05) is 6.08 Å². The summed E-state index contributed by atoms with van der Waals surface area (Å²) in [4.78, 5) is 33.8. The lowest BCUT2D eigenvalue weighted by Gasteiger charge is -2.38. The minimum absolute atomic E-state index is 0.0949. The van der Waals surface area contributed by atoms with Crippen LogP contribution in [0.3, 0.4) is 0 Å². The second kappa shape index (κ2) is 13.1. The summed E-state index contributed by atoms with van der Waals surface area (Å²) in [6.07, 6.45) is 7.45. The Morgan fingerprint density at radius 2 is 1.73 bits per heavy atom. The number of carboxylic acids is 2. The molecule has 0 aromatic heterocycles. The maximum Gasteiger partial charge on any atom is 0.328 e. The molecule has 0 bridgehead atoms. The topological polar surface area (TPSA) is 107 Å². The molecule has 0 saturated heterocycles. The molecule has 1 saturated carbocycles. The molecule has 30 heavy (non-hydrogen) atoms. The van der Waals surface area contributed by atoms with Gasteiger partial charge >= 0.3 is 11.9 Å². The number of likely N-dealkylation sites (N-methyl/N-ethyl adjacent to an activating group) is 1. The smallest absolute Gasteiger partial charge is 0.328 e. The minimum Gasteiger partial charge on any atom is -0.478 e. The third-order valence-corrected chi connectivity index (χ3v) is 5.32. The van der Waals surface area contributed by atoms with Crippen molar-refractivity contribution in [2.45, 2.75) is 37.8 Å². The molecule has 164 valence electrons. The van der Waals surface area contributed by atoms with Crippen molar-refractivity contribution >= 4 is 41.0 Å². The lowest BCUT2D eigenvalue weighted by Crippen LogP contribution is -2.52. The van der Waals surface area contributed by atoms with Gasteiger partial charge in [-0.15, -0.1) is 6.58 Å². The Morgan fingerprint density at radius 3 is 2.27 bits per heavy atom. The first-order valence-corrected chi connectivity index (χ1v) is 10.1. The SMILES string of the molecule is C=CCN(C)C1CCCCC1NC(=O)c1ccc(Cl)c(Cl)c1.O=C(O)/C=C/C(=O)O. The first kappa shape index (κ1) is 25.7. The number of benzene rings is 1. The lowest BCUT2D eigenvalue weighted by molar-refractivity contribution is -0.134. The molecule has 0 aliphatic heterocycles. The molecule has 0 spiro atoms. The number of carbonyl (C=O) groups is 3. The molecule has 1 fully saturated rings. The molecule has 1 aliphatic rings. The number of carboxylic acid groups (broad SMARTS) is 2. The minimum atomic E-state index is -1.26. The third kappa shape index (κ3) is 8.98. The molecule has 1 aromatic rings. The molecule has 7 nitrogen and oxygen atoms in total. The average Bonchev–Trinajstić information content (AvgIpc) is 2.69. The van der Waals surface area contributed by atoms with E-state index in [0.29, 0.717) is 33.8 Å². The molecule has 9 heteroatoms. The monoisotopic (exact) mass is 456 g/mol. The lowest BCUT2D eigenvalue weighted by atomic mass is 9.89. The molecule has 2 unspecified atom stereocenters. The summed E-state index contributed by atoms with van der Waals surface area (Å²) in [5.41, 5.74) is 0.546. The van der Waals surface area contributed by atoms with Gasteiger partial charge in [0.25, 0.3) is 5.91 Å². The van der Waals surface area contributed by atoms with E-state index < -0.39 is 11.9 Å². The quantitative estimate of drug-likeness (QED) is 0.424. The molecule has 3 N–H and O–H groups in total. The van der Waals surface area contributed by atoms with E-state index >= 15 is 0 Å². The van der Waals surface area contributed by atoms with E-state index in [2.05, 4.69) is 23.8 Å². The number of carbonyl (C=O) groups excluding carboxylic acids is 1. The number of nitrogens with one attached hydrogen (secondary N) is 1. The van der Waals surface area contributed by atoms with E-state index in [1.165, 1.54) is 6.42 Å². The van der Waals surface area contributed by atoms with Gasteiger partial charge in [0.2, 0.25) is 0 Å². The molecule has 1 aromatic carbocycles. The van der Waals surface area contributed by atoms with Crippen LogP contribution in [0.1, 0.15) is 36.0 Å². The van der Waals surface area contributed by atoms with Gasteiger partial charge in [-0.25, -0.2) is 9.59 Å². The Kier molecular flexibility index (Phi) is 11.2. The summed E-state index contributed by atoms with van der Waals surface area (Å²) in [7, 11) is 2.08. The van der Waals surface area contributed by atoms with E-state index in [1.54, 1.807) is 18.2 Å². The zero-order chi connectivity index (χ0) is 22.7. The van der Waals surface area contributed by atoms with Gasteiger partial charge in [0.15, 0.2) is 0 Å². The van der Waals surface area contributed by atoms with Gasteiger partial charge in [0, 0.05) is 36.3 Å². The van der Waals surface area contributed by atoms with Crippen molar-refractivity contribution in [2.24, 2.45) is 0 Å². The third-order valence-electron chi connectivity index (χ3n) is 4.58. The van der Waals surface area contributed by atoms with Gasteiger partial charge in [0.1, 0.15) is 0 Å². The molecule has 0 heterocycles. The number of hydrogen-bond acceptors (Lipinski definition) is 4. The normalized spacial score (nSPS) is 18.4. The number of amides is 1. The van der Waals surface area contributed by atoms with Crippen molar-refractivity contribution in [2.75, 3.05) is 13.6 Å². The predicted molar refractivity (Wildman–Crippen MR) is 117 cm³/mol. The van der Waals surface area contributed by atoms with Crippen LogP contribution in [-0.4, -0.2) is 58.6 Å². The first-order chi connectivity index (χ1) is 14.1. The summed E-state index contributed by atoms with van der Waals surface area (Å²) in [6, 6.07) is 5.47. The second-order valence-electron chi connectivity index (χ2n) is 6.80. The highest BCUT2D eigenvalue weighted by atomic mass is 35.5. The first-order valence-electron chi connectivity index (χ1n) is 9.36.